The summed E-state index contributed by atoms with van der Waals surface area (Å²) in [7, 11) is 0. The zero-order valence-corrected chi connectivity index (χ0v) is 19.8. The van der Waals surface area contributed by atoms with Crippen molar-refractivity contribution < 1.29 is 15.3 Å². The number of rotatable bonds is 5. The van der Waals surface area contributed by atoms with Crippen LogP contribution in [0.15, 0.2) is 35.5 Å². The van der Waals surface area contributed by atoms with Crippen molar-refractivity contribution in [1.29, 1.82) is 0 Å². The van der Waals surface area contributed by atoms with E-state index in [9.17, 15) is 15.3 Å². The van der Waals surface area contributed by atoms with Crippen molar-refractivity contribution in [3.63, 3.8) is 0 Å². The Morgan fingerprint density at radius 3 is 2.33 bits per heavy atom. The largest absolute Gasteiger partial charge is 0.393 e. The smallest absolute Gasteiger partial charge is 0.0651 e. The fourth-order valence-electron chi connectivity index (χ4n) is 6.39. The molecular weight excluding hydrogens is 372 g/mol. The van der Waals surface area contributed by atoms with Gasteiger partial charge in [-0.25, -0.2) is 0 Å². The molecule has 0 spiro atoms. The van der Waals surface area contributed by atoms with Crippen LogP contribution in [0.1, 0.15) is 86.0 Å². The lowest BCUT2D eigenvalue weighted by Crippen LogP contribution is -2.35. The van der Waals surface area contributed by atoms with Crippen molar-refractivity contribution in [3.05, 3.63) is 35.5 Å². The Hall–Kier alpha value is -0.900. The maximum absolute atomic E-state index is 10.2. The van der Waals surface area contributed by atoms with Crippen LogP contribution in [0, 0.1) is 29.1 Å². The van der Waals surface area contributed by atoms with Crippen molar-refractivity contribution in [3.8, 4) is 0 Å². The van der Waals surface area contributed by atoms with E-state index in [-0.39, 0.29) is 5.92 Å². The third-order valence-electron chi connectivity index (χ3n) is 8.56. The molecule has 3 N–H and O–H groups in total. The SMILES string of the molecule is CC(C=CC(C)C(C)(C)O)C1CCC2C(=CC=C3CC(O)CC(O)C3)CCC[C@@]21C. The summed E-state index contributed by atoms with van der Waals surface area (Å²) in [6, 6.07) is 0. The molecule has 3 heteroatoms. The van der Waals surface area contributed by atoms with Gasteiger partial charge in [-0.05, 0) is 88.4 Å². The first-order chi connectivity index (χ1) is 14.0. The minimum Gasteiger partial charge on any atom is -0.393 e. The molecule has 3 rings (SSSR count). The first-order valence-electron chi connectivity index (χ1n) is 12.2. The highest BCUT2D eigenvalue weighted by Crippen LogP contribution is 2.59. The molecule has 7 atom stereocenters. The Bertz CT molecular complexity index is 671. The second-order valence-electron chi connectivity index (χ2n) is 11.3. The van der Waals surface area contributed by atoms with Crippen molar-refractivity contribution in [2.24, 2.45) is 29.1 Å². The second kappa shape index (κ2) is 9.30. The van der Waals surface area contributed by atoms with Crippen LogP contribution in [0.25, 0.3) is 0 Å². The van der Waals surface area contributed by atoms with Crippen LogP contribution in [-0.4, -0.2) is 33.1 Å². The summed E-state index contributed by atoms with van der Waals surface area (Å²) in [5, 5.41) is 30.2. The van der Waals surface area contributed by atoms with Gasteiger partial charge in [0.1, 0.15) is 0 Å². The van der Waals surface area contributed by atoms with Crippen molar-refractivity contribution in [2.45, 2.75) is 104 Å². The van der Waals surface area contributed by atoms with Crippen molar-refractivity contribution >= 4 is 0 Å². The fraction of sp³-hybridized carbons (Fsp3) is 0.778. The average molecular weight is 417 g/mol. The monoisotopic (exact) mass is 416 g/mol. The van der Waals surface area contributed by atoms with E-state index in [1.54, 1.807) is 5.57 Å². The Balaban J connectivity index is 1.73. The summed E-state index contributed by atoms with van der Waals surface area (Å²) >= 11 is 0. The van der Waals surface area contributed by atoms with Gasteiger partial charge in [-0.2, -0.15) is 0 Å². The van der Waals surface area contributed by atoms with E-state index >= 15 is 0 Å². The topological polar surface area (TPSA) is 60.7 Å². The predicted molar refractivity (Wildman–Crippen MR) is 124 cm³/mol. The minimum absolute atomic E-state index is 0.152. The molecule has 30 heavy (non-hydrogen) atoms. The molecule has 170 valence electrons. The molecule has 0 heterocycles. The average Bonchev–Trinajstić information content (AvgIpc) is 3.00. The van der Waals surface area contributed by atoms with Gasteiger partial charge in [0, 0.05) is 5.92 Å². The summed E-state index contributed by atoms with van der Waals surface area (Å²) in [5.74, 6) is 2.00. The molecule has 0 aliphatic heterocycles. The van der Waals surface area contributed by atoms with E-state index < -0.39 is 17.8 Å². The van der Waals surface area contributed by atoms with Gasteiger partial charge in [-0.1, -0.05) is 56.2 Å². The number of aliphatic hydroxyl groups excluding tert-OH is 2. The van der Waals surface area contributed by atoms with E-state index in [2.05, 4.69) is 45.1 Å². The molecule has 3 aliphatic carbocycles. The summed E-state index contributed by atoms with van der Waals surface area (Å²) in [6.45, 7) is 10.7. The third-order valence-corrected chi connectivity index (χ3v) is 8.56. The van der Waals surface area contributed by atoms with Crippen LogP contribution in [-0.2, 0) is 0 Å². The molecule has 3 saturated carbocycles. The van der Waals surface area contributed by atoms with E-state index in [1.807, 2.05) is 13.8 Å². The molecule has 6 unspecified atom stereocenters. The van der Waals surface area contributed by atoms with Gasteiger partial charge in [0.15, 0.2) is 0 Å². The Labute approximate surface area is 184 Å². The van der Waals surface area contributed by atoms with Crippen LogP contribution in [0.3, 0.4) is 0 Å². The summed E-state index contributed by atoms with van der Waals surface area (Å²) in [5.41, 5.74) is 2.43. The van der Waals surface area contributed by atoms with Gasteiger partial charge in [0.05, 0.1) is 17.8 Å². The third kappa shape index (κ3) is 5.29. The van der Waals surface area contributed by atoms with Crippen LogP contribution in [0.5, 0.6) is 0 Å². The first-order valence-corrected chi connectivity index (χ1v) is 12.2. The van der Waals surface area contributed by atoms with Crippen LogP contribution < -0.4 is 0 Å². The van der Waals surface area contributed by atoms with Crippen LogP contribution in [0.2, 0.25) is 0 Å². The first kappa shape index (κ1) is 23.8. The summed E-state index contributed by atoms with van der Waals surface area (Å²) < 4.78 is 0. The van der Waals surface area contributed by atoms with Gasteiger partial charge < -0.3 is 15.3 Å². The molecule has 0 aromatic rings. The lowest BCUT2D eigenvalue weighted by Gasteiger charge is -2.44. The highest BCUT2D eigenvalue weighted by Gasteiger charge is 2.50. The van der Waals surface area contributed by atoms with E-state index in [0.717, 1.165) is 0 Å². The second-order valence-corrected chi connectivity index (χ2v) is 11.3. The normalized spacial score (nSPS) is 38.7. The Kier molecular flexibility index (Phi) is 7.37. The molecule has 0 aromatic carbocycles. The van der Waals surface area contributed by atoms with Crippen LogP contribution >= 0.6 is 0 Å². The van der Waals surface area contributed by atoms with Gasteiger partial charge >= 0.3 is 0 Å². The molecule has 0 aromatic heterocycles. The Morgan fingerprint density at radius 2 is 1.70 bits per heavy atom. The lowest BCUT2D eigenvalue weighted by atomic mass is 9.61. The molecular formula is C27H44O3. The standard InChI is InChI=1S/C27H44O3/c1-18(8-9-19(2)26(3,4)30)24-12-13-25-21(7-6-14-27(24,25)5)11-10-20-15-22(28)17-23(29)16-20/h8-11,18-19,22-25,28-30H,6-7,12-17H2,1-5H3/t18?,19?,22?,23?,24?,25?,27-/m1/s1. The maximum Gasteiger partial charge on any atom is 0.0651 e. The molecule has 3 aliphatic rings. The highest BCUT2D eigenvalue weighted by molar-refractivity contribution is 5.26. The van der Waals surface area contributed by atoms with Gasteiger partial charge in [0.25, 0.3) is 0 Å². The number of hydrogen-bond donors (Lipinski definition) is 3. The quantitative estimate of drug-likeness (QED) is 0.514. The predicted octanol–water partition coefficient (Wildman–Crippen LogP) is 5.56. The molecule has 3 nitrogen and oxygen atoms in total. The maximum atomic E-state index is 10.2. The number of fused-ring (bicyclic) bond motifs is 1. The number of allylic oxidation sites excluding steroid dienone is 4. The molecule has 3 fully saturated rings. The lowest BCUT2D eigenvalue weighted by molar-refractivity contribution is 0.0436. The van der Waals surface area contributed by atoms with E-state index in [0.29, 0.717) is 42.4 Å². The van der Waals surface area contributed by atoms with Gasteiger partial charge in [-0.15, -0.1) is 0 Å². The van der Waals surface area contributed by atoms with E-state index in [1.165, 1.54) is 37.7 Å². The number of hydrogen-bond acceptors (Lipinski definition) is 3. The highest BCUT2D eigenvalue weighted by atomic mass is 16.3. The van der Waals surface area contributed by atoms with Gasteiger partial charge in [-0.3, -0.25) is 0 Å². The summed E-state index contributed by atoms with van der Waals surface area (Å²) in [4.78, 5) is 0. The van der Waals surface area contributed by atoms with Crippen molar-refractivity contribution in [1.82, 2.24) is 0 Å². The zero-order valence-electron chi connectivity index (χ0n) is 19.8. The molecule has 0 saturated heterocycles. The fourth-order valence-corrected chi connectivity index (χ4v) is 6.39. The minimum atomic E-state index is -0.674. The van der Waals surface area contributed by atoms with E-state index in [4.69, 9.17) is 0 Å². The molecule has 0 amide bonds. The zero-order chi connectivity index (χ0) is 22.1. The van der Waals surface area contributed by atoms with Crippen LogP contribution in [0.4, 0.5) is 0 Å². The molecule has 0 radical (unpaired) electrons. The Morgan fingerprint density at radius 1 is 1.03 bits per heavy atom. The number of aliphatic hydroxyl groups is 3. The van der Waals surface area contributed by atoms with Gasteiger partial charge in [0.2, 0.25) is 0 Å². The van der Waals surface area contributed by atoms with Crippen molar-refractivity contribution in [2.75, 3.05) is 0 Å². The molecule has 0 bridgehead atoms. The summed E-state index contributed by atoms with van der Waals surface area (Å²) in [6.07, 6.45) is 16.5.